The van der Waals surface area contributed by atoms with E-state index in [9.17, 15) is 15.0 Å². The standard InChI is InChI=1S/C11H18O4/c1-7-4-11(7,8(12)13)10(14)5-9(2,3)15-6-10/h7,14H,4-6H2,1-3H3,(H,12,13). The number of hydrogen-bond acceptors (Lipinski definition) is 3. The van der Waals surface area contributed by atoms with Gasteiger partial charge in [0.25, 0.3) is 0 Å². The SMILES string of the molecule is CC1CC1(C(=O)O)C1(O)COC(C)(C)C1. The van der Waals surface area contributed by atoms with Gasteiger partial charge in [-0.15, -0.1) is 0 Å². The van der Waals surface area contributed by atoms with Gasteiger partial charge >= 0.3 is 5.97 Å². The summed E-state index contributed by atoms with van der Waals surface area (Å²) in [6, 6.07) is 0. The predicted octanol–water partition coefficient (Wildman–Crippen LogP) is 1.03. The molecule has 1 aliphatic carbocycles. The molecule has 2 N–H and O–H groups in total. The van der Waals surface area contributed by atoms with Gasteiger partial charge in [0, 0.05) is 6.42 Å². The van der Waals surface area contributed by atoms with E-state index in [-0.39, 0.29) is 12.5 Å². The van der Waals surface area contributed by atoms with E-state index < -0.39 is 22.6 Å². The van der Waals surface area contributed by atoms with E-state index in [1.807, 2.05) is 20.8 Å². The molecule has 86 valence electrons. The molecule has 0 aromatic rings. The molecule has 2 rings (SSSR count). The van der Waals surface area contributed by atoms with Crippen molar-refractivity contribution in [3.8, 4) is 0 Å². The fraction of sp³-hybridized carbons (Fsp3) is 0.909. The monoisotopic (exact) mass is 214 g/mol. The lowest BCUT2D eigenvalue weighted by molar-refractivity contribution is -0.157. The molecule has 1 aliphatic heterocycles. The minimum Gasteiger partial charge on any atom is -0.481 e. The number of carbonyl (C=O) groups is 1. The summed E-state index contributed by atoms with van der Waals surface area (Å²) in [5, 5.41) is 19.7. The number of carboxylic acid groups (broad SMARTS) is 1. The van der Waals surface area contributed by atoms with Gasteiger partial charge in [0.15, 0.2) is 0 Å². The van der Waals surface area contributed by atoms with Crippen molar-refractivity contribution in [1.29, 1.82) is 0 Å². The van der Waals surface area contributed by atoms with Crippen molar-refractivity contribution >= 4 is 5.97 Å². The van der Waals surface area contributed by atoms with E-state index in [2.05, 4.69) is 0 Å². The summed E-state index contributed by atoms with van der Waals surface area (Å²) in [6.07, 6.45) is 0.953. The van der Waals surface area contributed by atoms with E-state index in [4.69, 9.17) is 4.74 Å². The Morgan fingerprint density at radius 3 is 2.27 bits per heavy atom. The Morgan fingerprint density at radius 2 is 2.00 bits per heavy atom. The van der Waals surface area contributed by atoms with Crippen molar-refractivity contribution in [2.24, 2.45) is 11.3 Å². The van der Waals surface area contributed by atoms with Gasteiger partial charge in [-0.2, -0.15) is 0 Å². The van der Waals surface area contributed by atoms with Crippen molar-refractivity contribution < 1.29 is 19.7 Å². The number of ether oxygens (including phenoxy) is 1. The third-order valence-electron chi connectivity index (χ3n) is 3.94. The smallest absolute Gasteiger partial charge is 0.312 e. The molecule has 4 heteroatoms. The average Bonchev–Trinajstić information content (AvgIpc) is 2.67. The van der Waals surface area contributed by atoms with Gasteiger partial charge in [-0.25, -0.2) is 0 Å². The first-order chi connectivity index (χ1) is 6.74. The molecule has 4 nitrogen and oxygen atoms in total. The van der Waals surface area contributed by atoms with Crippen LogP contribution in [0.5, 0.6) is 0 Å². The third-order valence-corrected chi connectivity index (χ3v) is 3.94. The largest absolute Gasteiger partial charge is 0.481 e. The van der Waals surface area contributed by atoms with Crippen LogP contribution in [0.4, 0.5) is 0 Å². The molecule has 0 amide bonds. The Hall–Kier alpha value is -0.610. The maximum atomic E-state index is 11.3. The quantitative estimate of drug-likeness (QED) is 0.720. The molecule has 0 aromatic carbocycles. The topological polar surface area (TPSA) is 66.8 Å². The lowest BCUT2D eigenvalue weighted by atomic mass is 9.78. The van der Waals surface area contributed by atoms with Gasteiger partial charge < -0.3 is 14.9 Å². The van der Waals surface area contributed by atoms with Gasteiger partial charge in [0.1, 0.15) is 11.0 Å². The van der Waals surface area contributed by atoms with Crippen LogP contribution in [-0.4, -0.2) is 34.0 Å². The van der Waals surface area contributed by atoms with Crippen LogP contribution < -0.4 is 0 Å². The third kappa shape index (κ3) is 1.31. The summed E-state index contributed by atoms with van der Waals surface area (Å²) < 4.78 is 5.47. The Kier molecular flexibility index (Phi) is 1.99. The first kappa shape index (κ1) is 10.9. The summed E-state index contributed by atoms with van der Waals surface area (Å²) in [4.78, 5) is 11.3. The first-order valence-corrected chi connectivity index (χ1v) is 5.33. The van der Waals surface area contributed by atoms with Crippen LogP contribution in [0.15, 0.2) is 0 Å². The van der Waals surface area contributed by atoms with E-state index in [0.717, 1.165) is 0 Å². The zero-order chi connectivity index (χ0) is 11.5. The second-order valence-electron chi connectivity index (χ2n) is 5.64. The predicted molar refractivity (Wildman–Crippen MR) is 53.4 cm³/mol. The molecule has 3 unspecified atom stereocenters. The Bertz CT molecular complexity index is 312. The van der Waals surface area contributed by atoms with Crippen molar-refractivity contribution in [2.45, 2.75) is 44.8 Å². The minimum atomic E-state index is -1.19. The van der Waals surface area contributed by atoms with Crippen molar-refractivity contribution in [2.75, 3.05) is 6.61 Å². The van der Waals surface area contributed by atoms with E-state index in [1.54, 1.807) is 0 Å². The molecule has 15 heavy (non-hydrogen) atoms. The normalized spacial score (nSPS) is 47.9. The van der Waals surface area contributed by atoms with E-state index in [0.29, 0.717) is 12.8 Å². The van der Waals surface area contributed by atoms with Gasteiger partial charge in [-0.3, -0.25) is 4.79 Å². The number of hydrogen-bond donors (Lipinski definition) is 2. The van der Waals surface area contributed by atoms with Crippen LogP contribution in [0.2, 0.25) is 0 Å². The Morgan fingerprint density at radius 1 is 1.47 bits per heavy atom. The lowest BCUT2D eigenvalue weighted by Crippen LogP contribution is -2.46. The van der Waals surface area contributed by atoms with E-state index in [1.165, 1.54) is 0 Å². The molecule has 1 saturated heterocycles. The molecule has 1 saturated carbocycles. The summed E-state index contributed by atoms with van der Waals surface area (Å²) in [5.41, 5.74) is -2.58. The van der Waals surface area contributed by atoms with Crippen LogP contribution in [-0.2, 0) is 9.53 Å². The fourth-order valence-corrected chi connectivity index (χ4v) is 2.98. The molecular formula is C11H18O4. The summed E-state index contributed by atoms with van der Waals surface area (Å²) >= 11 is 0. The minimum absolute atomic E-state index is 0.0394. The fourth-order valence-electron chi connectivity index (χ4n) is 2.98. The van der Waals surface area contributed by atoms with Gasteiger partial charge in [0.2, 0.25) is 0 Å². The molecule has 0 bridgehead atoms. The molecule has 3 atom stereocenters. The van der Waals surface area contributed by atoms with Gasteiger partial charge in [-0.1, -0.05) is 6.92 Å². The average molecular weight is 214 g/mol. The van der Waals surface area contributed by atoms with Crippen LogP contribution >= 0.6 is 0 Å². The molecule has 0 aromatic heterocycles. The molecule has 2 aliphatic rings. The maximum Gasteiger partial charge on any atom is 0.312 e. The highest BCUT2D eigenvalue weighted by Gasteiger charge is 2.72. The van der Waals surface area contributed by atoms with Crippen LogP contribution in [0.3, 0.4) is 0 Å². The van der Waals surface area contributed by atoms with Crippen LogP contribution in [0.25, 0.3) is 0 Å². The molecule has 0 radical (unpaired) electrons. The second kappa shape index (κ2) is 2.74. The molecule has 1 heterocycles. The maximum absolute atomic E-state index is 11.3. The Balaban J connectivity index is 2.28. The highest BCUT2D eigenvalue weighted by molar-refractivity contribution is 5.80. The number of aliphatic hydroxyl groups is 1. The zero-order valence-corrected chi connectivity index (χ0v) is 9.41. The number of carboxylic acids is 1. The first-order valence-electron chi connectivity index (χ1n) is 5.33. The number of rotatable bonds is 2. The summed E-state index contributed by atoms with van der Waals surface area (Å²) in [6.45, 7) is 5.77. The van der Waals surface area contributed by atoms with Crippen molar-refractivity contribution in [3.63, 3.8) is 0 Å². The van der Waals surface area contributed by atoms with Crippen LogP contribution in [0.1, 0.15) is 33.6 Å². The van der Waals surface area contributed by atoms with Crippen molar-refractivity contribution in [3.05, 3.63) is 0 Å². The second-order valence-corrected chi connectivity index (χ2v) is 5.64. The Labute approximate surface area is 89.2 Å². The van der Waals surface area contributed by atoms with E-state index >= 15 is 0 Å². The van der Waals surface area contributed by atoms with Gasteiger partial charge in [0.05, 0.1) is 12.2 Å². The molecular weight excluding hydrogens is 196 g/mol. The highest BCUT2D eigenvalue weighted by Crippen LogP contribution is 2.63. The van der Waals surface area contributed by atoms with Crippen LogP contribution in [0, 0.1) is 11.3 Å². The zero-order valence-electron chi connectivity index (χ0n) is 9.41. The molecule has 0 spiro atoms. The number of aliphatic carboxylic acids is 1. The summed E-state index contributed by atoms with van der Waals surface area (Å²) in [7, 11) is 0. The molecule has 2 fully saturated rings. The summed E-state index contributed by atoms with van der Waals surface area (Å²) in [5.74, 6) is -0.851. The lowest BCUT2D eigenvalue weighted by Gasteiger charge is -2.30. The van der Waals surface area contributed by atoms with Gasteiger partial charge in [-0.05, 0) is 26.2 Å². The van der Waals surface area contributed by atoms with Crippen molar-refractivity contribution in [1.82, 2.24) is 0 Å². The highest BCUT2D eigenvalue weighted by atomic mass is 16.5.